The molecule has 0 aliphatic rings. The number of anilines is 1. The van der Waals surface area contributed by atoms with Crippen molar-refractivity contribution in [2.24, 2.45) is 10.7 Å². The number of guanidine groups is 1. The number of aliphatic imine (C=N–C) groups is 1. The number of nitrogens with two attached hydrogens (primary N) is 1. The molecule has 3 rings (SSSR count). The standard InChI is InChI=1S/C23H26N4O2.HI/c1-16(2)18-7-4-9-20(13-18)27-23(24)26-14-17-6-3-8-19(12-17)22(28)25-15-21-10-5-11-29-21;/h3-13,16H,14-15H2,1-2H3,(H,25,28)(H3,24,26,27);1H. The van der Waals surface area contributed by atoms with Crippen molar-refractivity contribution in [3.05, 3.63) is 89.4 Å². The fraction of sp³-hybridized carbons (Fsp3) is 0.217. The first-order valence-corrected chi connectivity index (χ1v) is 9.57. The van der Waals surface area contributed by atoms with E-state index in [9.17, 15) is 4.79 Å². The highest BCUT2D eigenvalue weighted by Gasteiger charge is 2.07. The normalized spacial score (nSPS) is 11.1. The van der Waals surface area contributed by atoms with E-state index in [4.69, 9.17) is 10.2 Å². The van der Waals surface area contributed by atoms with Gasteiger partial charge in [0.05, 0.1) is 19.4 Å². The van der Waals surface area contributed by atoms with Gasteiger partial charge >= 0.3 is 0 Å². The van der Waals surface area contributed by atoms with Crippen LogP contribution in [-0.4, -0.2) is 11.9 Å². The van der Waals surface area contributed by atoms with Crippen LogP contribution in [0.3, 0.4) is 0 Å². The summed E-state index contributed by atoms with van der Waals surface area (Å²) in [5.74, 6) is 1.32. The lowest BCUT2D eigenvalue weighted by Gasteiger charge is -2.10. The van der Waals surface area contributed by atoms with Crippen molar-refractivity contribution in [1.82, 2.24) is 5.32 Å². The van der Waals surface area contributed by atoms with Gasteiger partial charge in [-0.05, 0) is 53.4 Å². The maximum Gasteiger partial charge on any atom is 0.251 e. The van der Waals surface area contributed by atoms with Gasteiger partial charge in [0.15, 0.2) is 5.96 Å². The zero-order valence-electron chi connectivity index (χ0n) is 17.1. The fourth-order valence-corrected chi connectivity index (χ4v) is 2.83. The van der Waals surface area contributed by atoms with Crippen LogP contribution in [0.5, 0.6) is 0 Å². The van der Waals surface area contributed by atoms with E-state index in [2.05, 4.69) is 41.6 Å². The summed E-state index contributed by atoms with van der Waals surface area (Å²) in [6.07, 6.45) is 1.58. The number of hydrogen-bond acceptors (Lipinski definition) is 3. The molecule has 4 N–H and O–H groups in total. The van der Waals surface area contributed by atoms with Crippen molar-refractivity contribution in [2.45, 2.75) is 32.9 Å². The molecule has 0 aliphatic carbocycles. The number of carbonyl (C=O) groups is 1. The van der Waals surface area contributed by atoms with Gasteiger partial charge < -0.3 is 20.8 Å². The topological polar surface area (TPSA) is 92.6 Å². The first-order valence-electron chi connectivity index (χ1n) is 9.57. The van der Waals surface area contributed by atoms with E-state index >= 15 is 0 Å². The van der Waals surface area contributed by atoms with Crippen LogP contribution in [0.1, 0.15) is 47.0 Å². The highest BCUT2D eigenvalue weighted by atomic mass is 127. The van der Waals surface area contributed by atoms with E-state index in [0.717, 1.165) is 11.3 Å². The predicted molar refractivity (Wildman–Crippen MR) is 131 cm³/mol. The third kappa shape index (κ3) is 6.91. The van der Waals surface area contributed by atoms with Gasteiger partial charge in [-0.2, -0.15) is 0 Å². The molecule has 1 heterocycles. The molecule has 0 atom stereocenters. The molecular formula is C23H27IN4O2. The summed E-state index contributed by atoms with van der Waals surface area (Å²) < 4.78 is 5.22. The molecule has 0 radical (unpaired) electrons. The molecule has 3 aromatic rings. The second-order valence-corrected chi connectivity index (χ2v) is 7.07. The third-order valence-corrected chi connectivity index (χ3v) is 4.45. The number of nitrogens with one attached hydrogen (secondary N) is 2. The van der Waals surface area contributed by atoms with Crippen molar-refractivity contribution in [3.8, 4) is 0 Å². The number of benzene rings is 2. The second kappa shape index (κ2) is 11.4. The Bertz CT molecular complexity index is 984. The molecule has 0 spiro atoms. The van der Waals surface area contributed by atoms with Crippen molar-refractivity contribution < 1.29 is 9.21 Å². The molecule has 30 heavy (non-hydrogen) atoms. The lowest BCUT2D eigenvalue weighted by Crippen LogP contribution is -2.23. The molecule has 0 saturated heterocycles. The number of carbonyl (C=O) groups excluding carboxylic acids is 1. The first kappa shape index (κ1) is 23.5. The average molecular weight is 518 g/mol. The summed E-state index contributed by atoms with van der Waals surface area (Å²) in [6, 6.07) is 19.0. The molecule has 6 nitrogen and oxygen atoms in total. The highest BCUT2D eigenvalue weighted by Crippen LogP contribution is 2.18. The van der Waals surface area contributed by atoms with Crippen LogP contribution in [0, 0.1) is 0 Å². The molecule has 0 unspecified atom stereocenters. The SMILES string of the molecule is CC(C)c1cccc(NC(N)=NCc2cccc(C(=O)NCc3ccco3)c2)c1.I. The molecule has 0 bridgehead atoms. The van der Waals surface area contributed by atoms with Crippen molar-refractivity contribution in [2.75, 3.05) is 5.32 Å². The molecule has 1 amide bonds. The fourth-order valence-electron chi connectivity index (χ4n) is 2.83. The Morgan fingerprint density at radius 2 is 1.90 bits per heavy atom. The van der Waals surface area contributed by atoms with Gasteiger partial charge in [-0.3, -0.25) is 4.79 Å². The monoisotopic (exact) mass is 518 g/mol. The van der Waals surface area contributed by atoms with Crippen LogP contribution in [0.15, 0.2) is 76.3 Å². The van der Waals surface area contributed by atoms with E-state index in [0.29, 0.717) is 36.3 Å². The van der Waals surface area contributed by atoms with Gasteiger partial charge in [0.25, 0.3) is 5.91 Å². The zero-order chi connectivity index (χ0) is 20.6. The average Bonchev–Trinajstić information content (AvgIpc) is 3.24. The third-order valence-electron chi connectivity index (χ3n) is 4.45. The molecule has 1 aromatic heterocycles. The Balaban J connectivity index is 0.00000320. The number of rotatable bonds is 7. The van der Waals surface area contributed by atoms with Gasteiger partial charge in [0, 0.05) is 11.3 Å². The van der Waals surface area contributed by atoms with Crippen LogP contribution < -0.4 is 16.4 Å². The van der Waals surface area contributed by atoms with E-state index in [1.54, 1.807) is 18.4 Å². The maximum absolute atomic E-state index is 12.3. The number of furan rings is 1. The minimum absolute atomic E-state index is 0. The van der Waals surface area contributed by atoms with Crippen LogP contribution in [0.4, 0.5) is 5.69 Å². The number of nitrogens with zero attached hydrogens (tertiary/aromatic N) is 1. The first-order chi connectivity index (χ1) is 14.0. The minimum atomic E-state index is -0.163. The van der Waals surface area contributed by atoms with Gasteiger partial charge in [-0.1, -0.05) is 38.1 Å². The zero-order valence-corrected chi connectivity index (χ0v) is 19.4. The van der Waals surface area contributed by atoms with E-state index in [1.807, 2.05) is 36.4 Å². The van der Waals surface area contributed by atoms with Gasteiger partial charge in [0.2, 0.25) is 0 Å². The van der Waals surface area contributed by atoms with Crippen molar-refractivity contribution >= 4 is 41.5 Å². The van der Waals surface area contributed by atoms with Crippen LogP contribution >= 0.6 is 24.0 Å². The second-order valence-electron chi connectivity index (χ2n) is 7.07. The summed E-state index contributed by atoms with van der Waals surface area (Å²) in [5, 5.41) is 5.95. The Morgan fingerprint density at radius 3 is 2.63 bits per heavy atom. The molecule has 0 fully saturated rings. The molecule has 0 aliphatic heterocycles. The van der Waals surface area contributed by atoms with Gasteiger partial charge in [-0.25, -0.2) is 4.99 Å². The van der Waals surface area contributed by atoms with E-state index in [1.165, 1.54) is 5.56 Å². The van der Waals surface area contributed by atoms with Crippen molar-refractivity contribution in [1.29, 1.82) is 0 Å². The van der Waals surface area contributed by atoms with Crippen LogP contribution in [0.25, 0.3) is 0 Å². The number of amides is 1. The Hall–Kier alpha value is -2.81. The molecular weight excluding hydrogens is 491 g/mol. The van der Waals surface area contributed by atoms with Crippen molar-refractivity contribution in [3.63, 3.8) is 0 Å². The predicted octanol–water partition coefficient (Wildman–Crippen LogP) is 4.88. The number of hydrogen-bond donors (Lipinski definition) is 3. The molecule has 2 aromatic carbocycles. The molecule has 7 heteroatoms. The summed E-state index contributed by atoms with van der Waals surface area (Å²) >= 11 is 0. The lowest BCUT2D eigenvalue weighted by molar-refractivity contribution is 0.0948. The van der Waals surface area contributed by atoms with E-state index in [-0.39, 0.29) is 29.9 Å². The minimum Gasteiger partial charge on any atom is -0.467 e. The summed E-state index contributed by atoms with van der Waals surface area (Å²) in [5.41, 5.74) is 9.64. The van der Waals surface area contributed by atoms with E-state index < -0.39 is 0 Å². The summed E-state index contributed by atoms with van der Waals surface area (Å²) in [7, 11) is 0. The van der Waals surface area contributed by atoms with Crippen LogP contribution in [-0.2, 0) is 13.1 Å². The Morgan fingerprint density at radius 1 is 1.10 bits per heavy atom. The largest absolute Gasteiger partial charge is 0.467 e. The Labute approximate surface area is 194 Å². The van der Waals surface area contributed by atoms with Gasteiger partial charge in [0.1, 0.15) is 5.76 Å². The van der Waals surface area contributed by atoms with Gasteiger partial charge in [-0.15, -0.1) is 24.0 Å². The summed E-state index contributed by atoms with van der Waals surface area (Å²) in [4.78, 5) is 16.7. The smallest absolute Gasteiger partial charge is 0.251 e. The molecule has 0 saturated carbocycles. The Kier molecular flexibility index (Phi) is 8.91. The highest BCUT2D eigenvalue weighted by molar-refractivity contribution is 14.0. The number of halogens is 1. The molecule has 158 valence electrons. The lowest BCUT2D eigenvalue weighted by atomic mass is 10.0. The summed E-state index contributed by atoms with van der Waals surface area (Å²) in [6.45, 7) is 5.02. The maximum atomic E-state index is 12.3. The van der Waals surface area contributed by atoms with Crippen LogP contribution in [0.2, 0.25) is 0 Å². The quantitative estimate of drug-likeness (QED) is 0.236.